The zero-order valence-corrected chi connectivity index (χ0v) is 8.42. The summed E-state index contributed by atoms with van der Waals surface area (Å²) in [7, 11) is 0. The first-order valence-corrected chi connectivity index (χ1v) is 4.96. The molecule has 0 aliphatic carbocycles. The lowest BCUT2D eigenvalue weighted by Gasteiger charge is -2.15. The van der Waals surface area contributed by atoms with E-state index in [0.29, 0.717) is 0 Å². The van der Waals surface area contributed by atoms with Gasteiger partial charge in [-0.15, -0.1) is 0 Å². The van der Waals surface area contributed by atoms with Crippen molar-refractivity contribution in [2.24, 2.45) is 0 Å². The fourth-order valence-electron chi connectivity index (χ4n) is 1.32. The number of rotatable bonds is 5. The molecule has 0 saturated heterocycles. The van der Waals surface area contributed by atoms with Crippen LogP contribution in [0, 0.1) is 6.07 Å². The molecular weight excluding hydrogens is 160 g/mol. The molecule has 1 radical (unpaired) electrons. The van der Waals surface area contributed by atoms with E-state index in [4.69, 9.17) is 4.74 Å². The van der Waals surface area contributed by atoms with Crippen LogP contribution in [-0.2, 0) is 4.74 Å². The summed E-state index contributed by atoms with van der Waals surface area (Å²) < 4.78 is 5.71. The molecule has 0 saturated carbocycles. The van der Waals surface area contributed by atoms with Gasteiger partial charge in [-0.25, -0.2) is 0 Å². The molecule has 13 heavy (non-hydrogen) atoms. The van der Waals surface area contributed by atoms with Gasteiger partial charge in [0, 0.05) is 6.61 Å². The Bertz CT molecular complexity index is 218. The monoisotopic (exact) mass is 177 g/mol. The Hall–Kier alpha value is -0.820. The Labute approximate surface area is 80.7 Å². The number of ether oxygens (including phenoxy) is 1. The summed E-state index contributed by atoms with van der Waals surface area (Å²) in [5.41, 5.74) is 1.26. The van der Waals surface area contributed by atoms with Crippen molar-refractivity contribution in [2.45, 2.75) is 32.8 Å². The summed E-state index contributed by atoms with van der Waals surface area (Å²) in [6.45, 7) is 5.12. The van der Waals surface area contributed by atoms with Crippen molar-refractivity contribution < 1.29 is 4.74 Å². The van der Waals surface area contributed by atoms with Crippen LogP contribution in [0.15, 0.2) is 24.3 Å². The fourth-order valence-corrected chi connectivity index (χ4v) is 1.32. The Balaban J connectivity index is 2.56. The fraction of sp³-hybridized carbons (Fsp3) is 0.500. The maximum atomic E-state index is 5.71. The van der Waals surface area contributed by atoms with Gasteiger partial charge in [0.05, 0.1) is 6.10 Å². The molecule has 1 nitrogen and oxygen atoms in total. The number of hydrogen-bond donors (Lipinski definition) is 0. The van der Waals surface area contributed by atoms with Crippen LogP contribution in [0.1, 0.15) is 38.4 Å². The summed E-state index contributed by atoms with van der Waals surface area (Å²) in [4.78, 5) is 0. The van der Waals surface area contributed by atoms with E-state index in [-0.39, 0.29) is 6.10 Å². The van der Waals surface area contributed by atoms with Crippen molar-refractivity contribution in [3.8, 4) is 0 Å². The van der Waals surface area contributed by atoms with Crippen LogP contribution >= 0.6 is 0 Å². The largest absolute Gasteiger partial charge is 0.374 e. The third-order valence-electron chi connectivity index (χ3n) is 2.01. The minimum atomic E-state index is 0.259. The summed E-state index contributed by atoms with van der Waals surface area (Å²) in [5.74, 6) is 0. The van der Waals surface area contributed by atoms with Crippen LogP contribution in [0.25, 0.3) is 0 Å². The molecule has 0 amide bonds. The predicted octanol–water partition coefficient (Wildman–Crippen LogP) is 3.36. The molecule has 1 rings (SSSR count). The summed E-state index contributed by atoms with van der Waals surface area (Å²) in [6.07, 6.45) is 2.37. The third kappa shape index (κ3) is 3.19. The quantitative estimate of drug-likeness (QED) is 0.670. The first-order valence-electron chi connectivity index (χ1n) is 4.96. The van der Waals surface area contributed by atoms with Gasteiger partial charge in [0.2, 0.25) is 0 Å². The molecule has 1 aromatic carbocycles. The first-order chi connectivity index (χ1) is 6.38. The SMILES string of the molecule is CCCOC(CC)c1cc[c]cc1. The second kappa shape index (κ2) is 5.76. The van der Waals surface area contributed by atoms with Crippen molar-refractivity contribution >= 4 is 0 Å². The molecule has 1 atom stereocenters. The average molecular weight is 177 g/mol. The molecule has 71 valence electrons. The van der Waals surface area contributed by atoms with Crippen molar-refractivity contribution in [2.75, 3.05) is 6.61 Å². The molecule has 1 aromatic rings. The van der Waals surface area contributed by atoms with E-state index in [1.54, 1.807) is 0 Å². The van der Waals surface area contributed by atoms with E-state index >= 15 is 0 Å². The lowest BCUT2D eigenvalue weighted by molar-refractivity contribution is 0.0504. The molecule has 0 bridgehead atoms. The molecule has 0 fully saturated rings. The predicted molar refractivity (Wildman–Crippen MR) is 54.6 cm³/mol. The van der Waals surface area contributed by atoms with Gasteiger partial charge in [-0.2, -0.15) is 0 Å². The lowest BCUT2D eigenvalue weighted by Crippen LogP contribution is -2.03. The Morgan fingerprint density at radius 3 is 2.54 bits per heavy atom. The molecule has 0 N–H and O–H groups in total. The highest BCUT2D eigenvalue weighted by molar-refractivity contribution is 5.16. The molecule has 0 aliphatic rings. The van der Waals surface area contributed by atoms with Gasteiger partial charge >= 0.3 is 0 Å². The maximum Gasteiger partial charge on any atom is 0.0822 e. The number of hydrogen-bond acceptors (Lipinski definition) is 1. The van der Waals surface area contributed by atoms with Gasteiger partial charge in [-0.05, 0) is 24.5 Å². The second-order valence-corrected chi connectivity index (χ2v) is 3.10. The normalized spacial score (nSPS) is 12.8. The van der Waals surface area contributed by atoms with Crippen LogP contribution in [0.5, 0.6) is 0 Å². The van der Waals surface area contributed by atoms with Crippen LogP contribution in [0.3, 0.4) is 0 Å². The standard InChI is InChI=1S/C12H17O/c1-3-10-13-12(4-2)11-8-6-5-7-9-11/h6-9,12H,3-4,10H2,1-2H3. The Morgan fingerprint density at radius 2 is 2.00 bits per heavy atom. The van der Waals surface area contributed by atoms with Gasteiger partial charge in [-0.3, -0.25) is 0 Å². The van der Waals surface area contributed by atoms with E-state index in [0.717, 1.165) is 19.4 Å². The zero-order valence-electron chi connectivity index (χ0n) is 8.42. The summed E-state index contributed by atoms with van der Waals surface area (Å²) >= 11 is 0. The summed E-state index contributed by atoms with van der Waals surface area (Å²) in [5, 5.41) is 0. The topological polar surface area (TPSA) is 9.23 Å². The van der Waals surface area contributed by atoms with Gasteiger partial charge in [0.1, 0.15) is 0 Å². The molecular formula is C12H17O. The van der Waals surface area contributed by atoms with E-state index in [9.17, 15) is 0 Å². The average Bonchev–Trinajstić information content (AvgIpc) is 2.21. The Kier molecular flexibility index (Phi) is 4.55. The highest BCUT2D eigenvalue weighted by Gasteiger charge is 2.07. The Morgan fingerprint density at radius 1 is 1.31 bits per heavy atom. The molecule has 0 heterocycles. The van der Waals surface area contributed by atoms with Crippen LogP contribution in [0.4, 0.5) is 0 Å². The lowest BCUT2D eigenvalue weighted by atomic mass is 10.1. The molecule has 0 aromatic heterocycles. The summed E-state index contributed by atoms with van der Waals surface area (Å²) in [6, 6.07) is 11.0. The molecule has 1 heteroatoms. The molecule has 1 unspecified atom stereocenters. The highest BCUT2D eigenvalue weighted by atomic mass is 16.5. The van der Waals surface area contributed by atoms with Gasteiger partial charge < -0.3 is 4.74 Å². The van der Waals surface area contributed by atoms with Gasteiger partial charge in [0.15, 0.2) is 0 Å². The van der Waals surface area contributed by atoms with Gasteiger partial charge in [0.25, 0.3) is 0 Å². The van der Waals surface area contributed by atoms with Gasteiger partial charge in [-0.1, -0.05) is 38.1 Å². The smallest absolute Gasteiger partial charge is 0.0822 e. The highest BCUT2D eigenvalue weighted by Crippen LogP contribution is 2.20. The minimum absolute atomic E-state index is 0.259. The van der Waals surface area contributed by atoms with Crippen LogP contribution in [-0.4, -0.2) is 6.61 Å². The van der Waals surface area contributed by atoms with Crippen LogP contribution in [0.2, 0.25) is 0 Å². The van der Waals surface area contributed by atoms with E-state index in [1.165, 1.54) is 5.56 Å². The van der Waals surface area contributed by atoms with Crippen LogP contribution < -0.4 is 0 Å². The first kappa shape index (κ1) is 10.3. The molecule has 0 spiro atoms. The second-order valence-electron chi connectivity index (χ2n) is 3.10. The molecule has 0 aliphatic heterocycles. The van der Waals surface area contributed by atoms with Crippen molar-refractivity contribution in [3.05, 3.63) is 35.9 Å². The van der Waals surface area contributed by atoms with E-state index in [1.807, 2.05) is 12.1 Å². The van der Waals surface area contributed by atoms with Crippen molar-refractivity contribution in [1.29, 1.82) is 0 Å². The van der Waals surface area contributed by atoms with Crippen molar-refractivity contribution in [3.63, 3.8) is 0 Å². The zero-order chi connectivity index (χ0) is 9.52. The van der Waals surface area contributed by atoms with E-state index < -0.39 is 0 Å². The maximum absolute atomic E-state index is 5.71. The number of benzene rings is 1. The minimum Gasteiger partial charge on any atom is -0.374 e. The van der Waals surface area contributed by atoms with Crippen molar-refractivity contribution in [1.82, 2.24) is 0 Å². The van der Waals surface area contributed by atoms with E-state index in [2.05, 4.69) is 32.0 Å². The third-order valence-corrected chi connectivity index (χ3v) is 2.01.